The molecule has 0 fully saturated rings. The van der Waals surface area contributed by atoms with Crippen LogP contribution in [0.4, 0.5) is 51.2 Å². The van der Waals surface area contributed by atoms with E-state index in [0.29, 0.717) is 0 Å². The van der Waals surface area contributed by atoms with Gasteiger partial charge in [0.2, 0.25) is 0 Å². The molecule has 1 aliphatic carbocycles. The number of anilines is 9. The van der Waals surface area contributed by atoms with Crippen LogP contribution in [0.15, 0.2) is 176 Å². The van der Waals surface area contributed by atoms with Crippen LogP contribution in [0.3, 0.4) is 0 Å². The summed E-state index contributed by atoms with van der Waals surface area (Å²) in [6.45, 7) is 26.3. The van der Waals surface area contributed by atoms with Crippen LogP contribution in [0.1, 0.15) is 77.6 Å². The number of rotatable bonds is 6. The Bertz CT molecular complexity index is 3190. The smallest absolute Gasteiger partial charge is 0.252 e. The number of para-hydroxylation sites is 2. The van der Waals surface area contributed by atoms with E-state index in [0.717, 1.165) is 17.1 Å². The Labute approximate surface area is 400 Å². The maximum atomic E-state index is 2.69. The summed E-state index contributed by atoms with van der Waals surface area (Å²) in [7, 11) is -1.93. The lowest BCUT2D eigenvalue weighted by Crippen LogP contribution is -2.62. The Morgan fingerprint density at radius 3 is 1.67 bits per heavy atom. The van der Waals surface area contributed by atoms with Gasteiger partial charge in [0.15, 0.2) is 0 Å². The maximum Gasteiger partial charge on any atom is 0.252 e. The van der Waals surface area contributed by atoms with Gasteiger partial charge in [-0.15, -0.1) is 0 Å². The second-order valence-electron chi connectivity index (χ2n) is 22.7. The van der Waals surface area contributed by atoms with Gasteiger partial charge >= 0.3 is 0 Å². The summed E-state index contributed by atoms with van der Waals surface area (Å²) in [5.41, 5.74) is 22.8. The number of nitrogens with zero attached hydrogens (tertiary/aromatic N) is 3. The molecule has 5 heteroatoms. The largest absolute Gasteiger partial charge is 0.311 e. The first-order valence-corrected chi connectivity index (χ1v) is 27.7. The number of benzene rings is 8. The summed E-state index contributed by atoms with van der Waals surface area (Å²) in [4.78, 5) is 7.72. The minimum atomic E-state index is -1.93. The second kappa shape index (κ2) is 15.2. The fraction of sp³-hybridized carbons (Fsp3) is 0.226. The van der Waals surface area contributed by atoms with Crippen LogP contribution in [0.5, 0.6) is 0 Å². The molecule has 8 aromatic rings. The third-order valence-electron chi connectivity index (χ3n) is 14.9. The number of hydrogen-bond acceptors (Lipinski definition) is 3. The molecule has 0 spiro atoms. The highest BCUT2D eigenvalue weighted by molar-refractivity contribution is 7.00. The molecule has 332 valence electrons. The van der Waals surface area contributed by atoms with Gasteiger partial charge in [0.05, 0.1) is 13.8 Å². The monoisotopic (exact) mass is 887 g/mol. The SMILES string of the molecule is CC(C)(C)c1ccc(N2c3ccc(C(C)(C)C)cc3B3c4ccc(N(c5ccccc5)c5ccccc5)cc4N(c4cccc5c4C(C)(C)c4ccccc4-5)c4cc([Si](C)(C)C)cc2c43)cc1. The third kappa shape index (κ3) is 6.91. The van der Waals surface area contributed by atoms with Crippen molar-refractivity contribution in [2.75, 3.05) is 14.7 Å². The van der Waals surface area contributed by atoms with Gasteiger partial charge in [-0.3, -0.25) is 0 Å². The minimum Gasteiger partial charge on any atom is -0.311 e. The molecule has 3 aliphatic rings. The topological polar surface area (TPSA) is 9.72 Å². The Kier molecular flexibility index (Phi) is 9.79. The molecule has 2 heterocycles. The molecule has 0 bridgehead atoms. The molecular formula is C62H62BN3Si. The third-order valence-corrected chi connectivity index (χ3v) is 16.9. The summed E-state index contributed by atoms with van der Waals surface area (Å²) >= 11 is 0. The van der Waals surface area contributed by atoms with E-state index < -0.39 is 8.07 Å². The summed E-state index contributed by atoms with van der Waals surface area (Å²) in [5, 5.41) is 1.45. The summed E-state index contributed by atoms with van der Waals surface area (Å²) in [5.74, 6) is 0. The van der Waals surface area contributed by atoms with E-state index in [-0.39, 0.29) is 23.0 Å². The molecule has 11 rings (SSSR count). The predicted molar refractivity (Wildman–Crippen MR) is 293 cm³/mol. The average molecular weight is 888 g/mol. The first-order valence-electron chi connectivity index (χ1n) is 24.2. The van der Waals surface area contributed by atoms with Crippen LogP contribution < -0.4 is 36.3 Å². The van der Waals surface area contributed by atoms with Gasteiger partial charge in [0.1, 0.15) is 0 Å². The van der Waals surface area contributed by atoms with E-state index in [1.54, 1.807) is 0 Å². The van der Waals surface area contributed by atoms with Gasteiger partial charge < -0.3 is 14.7 Å². The molecule has 0 aromatic heterocycles. The van der Waals surface area contributed by atoms with Crippen LogP contribution in [-0.4, -0.2) is 14.8 Å². The summed E-state index contributed by atoms with van der Waals surface area (Å²) in [6, 6.07) is 67.1. The maximum absolute atomic E-state index is 2.69. The van der Waals surface area contributed by atoms with Crippen molar-refractivity contribution in [3.8, 4) is 11.1 Å². The zero-order chi connectivity index (χ0) is 46.8. The van der Waals surface area contributed by atoms with Crippen molar-refractivity contribution in [3.05, 3.63) is 198 Å². The van der Waals surface area contributed by atoms with Crippen LogP contribution in [-0.2, 0) is 16.2 Å². The van der Waals surface area contributed by atoms with E-state index >= 15 is 0 Å². The van der Waals surface area contributed by atoms with Crippen LogP contribution in [0.2, 0.25) is 19.6 Å². The molecule has 0 unspecified atom stereocenters. The molecule has 0 N–H and O–H groups in total. The molecule has 0 amide bonds. The molecular weight excluding hydrogens is 826 g/mol. The first-order chi connectivity index (χ1) is 31.9. The van der Waals surface area contributed by atoms with Crippen LogP contribution in [0.25, 0.3) is 11.1 Å². The van der Waals surface area contributed by atoms with E-state index in [1.165, 1.54) is 89.1 Å². The average Bonchev–Trinajstić information content (AvgIpc) is 3.54. The number of hydrogen-bond donors (Lipinski definition) is 0. The van der Waals surface area contributed by atoms with Crippen molar-refractivity contribution in [2.45, 2.75) is 91.3 Å². The lowest BCUT2D eigenvalue weighted by Gasteiger charge is -2.46. The zero-order valence-electron chi connectivity index (χ0n) is 41.2. The highest BCUT2D eigenvalue weighted by Gasteiger charge is 2.47. The Morgan fingerprint density at radius 1 is 0.463 bits per heavy atom. The van der Waals surface area contributed by atoms with Crippen molar-refractivity contribution < 1.29 is 0 Å². The summed E-state index contributed by atoms with van der Waals surface area (Å²) in [6.07, 6.45) is 0. The Hall–Kier alpha value is -6.56. The van der Waals surface area contributed by atoms with Crippen LogP contribution in [0, 0.1) is 0 Å². The van der Waals surface area contributed by atoms with Crippen molar-refractivity contribution in [1.82, 2.24) is 0 Å². The van der Waals surface area contributed by atoms with Crippen molar-refractivity contribution in [3.63, 3.8) is 0 Å². The predicted octanol–water partition coefficient (Wildman–Crippen LogP) is 14.7. The van der Waals surface area contributed by atoms with Gasteiger partial charge in [0.25, 0.3) is 6.71 Å². The lowest BCUT2D eigenvalue weighted by molar-refractivity contribution is 0.590. The molecule has 0 radical (unpaired) electrons. The number of fused-ring (bicyclic) bond motifs is 7. The molecule has 8 aromatic carbocycles. The summed E-state index contributed by atoms with van der Waals surface area (Å²) < 4.78 is 0. The molecule has 3 nitrogen and oxygen atoms in total. The van der Waals surface area contributed by atoms with E-state index in [9.17, 15) is 0 Å². The molecule has 0 saturated carbocycles. The minimum absolute atomic E-state index is 0.00717. The van der Waals surface area contributed by atoms with Crippen molar-refractivity contribution in [2.24, 2.45) is 0 Å². The Morgan fingerprint density at radius 2 is 1.04 bits per heavy atom. The van der Waals surface area contributed by atoms with Gasteiger partial charge in [-0.1, -0.05) is 183 Å². The van der Waals surface area contributed by atoms with E-state index in [4.69, 9.17) is 0 Å². The molecule has 0 saturated heterocycles. The fourth-order valence-corrected chi connectivity index (χ4v) is 12.4. The van der Waals surface area contributed by atoms with Crippen molar-refractivity contribution in [1.29, 1.82) is 0 Å². The standard InChI is InChI=1S/C62H62BN3Si/c1-60(2,3)41-29-32-45(33-30-41)65-53-36-31-42(61(4,5)6)37-52(53)63-51-35-34-46(64(43-21-14-12-15-22-43)44-23-16-13-17-24-44)38-55(51)66(57-40-47(67(9,10)11)39-56(65)59(57)63)54-28-20-26-49-48-25-18-19-27-50(48)62(7,8)58(49)54/h12-40H,1-11H3. The highest BCUT2D eigenvalue weighted by Crippen LogP contribution is 2.55. The molecule has 0 atom stereocenters. The fourth-order valence-electron chi connectivity index (χ4n) is 11.3. The van der Waals surface area contributed by atoms with E-state index in [1.807, 2.05) is 0 Å². The van der Waals surface area contributed by atoms with E-state index in [2.05, 4.69) is 266 Å². The lowest BCUT2D eigenvalue weighted by atomic mass is 9.33. The van der Waals surface area contributed by atoms with Crippen molar-refractivity contribution >= 4 is 87.5 Å². The Balaban J connectivity index is 1.27. The second-order valence-corrected chi connectivity index (χ2v) is 27.8. The first kappa shape index (κ1) is 43.0. The van der Waals surface area contributed by atoms with Gasteiger partial charge in [0, 0.05) is 50.9 Å². The van der Waals surface area contributed by atoms with Crippen LogP contribution >= 0.6 is 0 Å². The quantitative estimate of drug-likeness (QED) is 0.154. The van der Waals surface area contributed by atoms with Gasteiger partial charge in [-0.25, -0.2) is 0 Å². The molecule has 2 aliphatic heterocycles. The normalized spacial score (nSPS) is 14.5. The highest BCUT2D eigenvalue weighted by atomic mass is 28.3. The van der Waals surface area contributed by atoms with Gasteiger partial charge in [-0.05, 0) is 133 Å². The molecule has 67 heavy (non-hydrogen) atoms. The van der Waals surface area contributed by atoms with Gasteiger partial charge in [-0.2, -0.15) is 0 Å². The zero-order valence-corrected chi connectivity index (χ0v) is 42.2.